The van der Waals surface area contributed by atoms with Crippen LogP contribution in [0.25, 0.3) is 0 Å². The Bertz CT molecular complexity index is 617. The van der Waals surface area contributed by atoms with E-state index in [4.69, 9.17) is 22.0 Å². The third kappa shape index (κ3) is 3.71. The third-order valence-corrected chi connectivity index (χ3v) is 3.98. The number of nitrogens with two attached hydrogens (primary N) is 3. The molecule has 116 valence electrons. The van der Waals surface area contributed by atoms with Crippen molar-refractivity contribution in [3.63, 3.8) is 0 Å². The summed E-state index contributed by atoms with van der Waals surface area (Å²) in [5, 5.41) is 18.5. The van der Waals surface area contributed by atoms with Crippen molar-refractivity contribution in [2.24, 2.45) is 16.7 Å². The van der Waals surface area contributed by atoms with Crippen LogP contribution in [0.4, 0.5) is 0 Å². The minimum absolute atomic E-state index is 0.154. The maximum absolute atomic E-state index is 12.0. The second-order valence-electron chi connectivity index (χ2n) is 5.08. The fourth-order valence-electron chi connectivity index (χ4n) is 1.86. The van der Waals surface area contributed by atoms with Crippen molar-refractivity contribution in [2.45, 2.75) is 23.3 Å². The predicted octanol–water partition coefficient (Wildman–Crippen LogP) is 0.414. The molecule has 0 aliphatic heterocycles. The second kappa shape index (κ2) is 6.70. The maximum atomic E-state index is 12.0. The van der Waals surface area contributed by atoms with Gasteiger partial charge in [0.2, 0.25) is 0 Å². The van der Waals surface area contributed by atoms with E-state index in [1.165, 1.54) is 11.2 Å². The Labute approximate surface area is 133 Å². The van der Waals surface area contributed by atoms with Crippen LogP contribution in [0.2, 0.25) is 0 Å². The molecule has 1 aromatic rings. The molecule has 0 radical (unpaired) electrons. The summed E-state index contributed by atoms with van der Waals surface area (Å²) in [5.74, 6) is 5.56. The lowest BCUT2D eigenvalue weighted by molar-refractivity contribution is 0.0956. The molecule has 0 saturated heterocycles. The van der Waals surface area contributed by atoms with Crippen LogP contribution < -0.4 is 22.0 Å². The van der Waals surface area contributed by atoms with Crippen molar-refractivity contribution in [1.82, 2.24) is 10.3 Å². The van der Waals surface area contributed by atoms with Crippen molar-refractivity contribution in [1.29, 1.82) is 5.26 Å². The Balaban J connectivity index is 1.88. The van der Waals surface area contributed by atoms with Gasteiger partial charge in [-0.1, -0.05) is 0 Å². The number of hydrogen-bond acceptors (Lipinski definition) is 7. The first kappa shape index (κ1) is 16.2. The van der Waals surface area contributed by atoms with Gasteiger partial charge in [-0.15, -0.1) is 0 Å². The number of nitrogens with zero attached hydrogens (tertiary/aromatic N) is 2. The second-order valence-corrected chi connectivity index (χ2v) is 5.79. The largest absolute Gasteiger partial charge is 0.399 e. The fraction of sp³-hybridized carbons (Fsp3) is 0.286. The highest BCUT2D eigenvalue weighted by Crippen LogP contribution is 2.39. The number of rotatable bonds is 6. The standard InChI is InChI=1S/C14H18N6OS/c15-9-14(5-6-14)20(17)8-11(16)7-19-13(21)10-1-3-12(22-18)4-2-10/h1-4,8H,5-7,16-18H2,(H,19,21)/b11-8-. The molecule has 0 heterocycles. The average Bonchev–Trinajstić information content (AvgIpc) is 3.34. The van der Waals surface area contributed by atoms with Gasteiger partial charge in [-0.25, -0.2) is 5.84 Å². The maximum Gasteiger partial charge on any atom is 0.251 e. The van der Waals surface area contributed by atoms with Gasteiger partial charge in [0, 0.05) is 22.4 Å². The Hall–Kier alpha value is -2.21. The Kier molecular flexibility index (Phi) is 4.92. The molecule has 0 aromatic heterocycles. The molecule has 1 aromatic carbocycles. The summed E-state index contributed by atoms with van der Waals surface area (Å²) in [6.07, 6.45) is 2.94. The van der Waals surface area contributed by atoms with Crippen LogP contribution in [0.3, 0.4) is 0 Å². The fourth-order valence-corrected chi connectivity index (χ4v) is 2.16. The predicted molar refractivity (Wildman–Crippen MR) is 84.7 cm³/mol. The van der Waals surface area contributed by atoms with E-state index < -0.39 is 5.54 Å². The minimum Gasteiger partial charge on any atom is -0.399 e. The van der Waals surface area contributed by atoms with Gasteiger partial charge in [0.05, 0.1) is 12.6 Å². The van der Waals surface area contributed by atoms with E-state index in [-0.39, 0.29) is 12.5 Å². The smallest absolute Gasteiger partial charge is 0.251 e. The molecular weight excluding hydrogens is 300 g/mol. The molecule has 0 atom stereocenters. The van der Waals surface area contributed by atoms with Crippen LogP contribution in [-0.4, -0.2) is 23.0 Å². The molecule has 1 amide bonds. The van der Waals surface area contributed by atoms with E-state index in [1.54, 1.807) is 24.3 Å². The minimum atomic E-state index is -0.635. The van der Waals surface area contributed by atoms with E-state index in [9.17, 15) is 4.79 Å². The van der Waals surface area contributed by atoms with E-state index in [0.29, 0.717) is 11.3 Å². The van der Waals surface area contributed by atoms with Gasteiger partial charge in [-0.3, -0.25) is 14.9 Å². The number of amides is 1. The summed E-state index contributed by atoms with van der Waals surface area (Å²) in [6, 6.07) is 9.07. The molecule has 0 unspecified atom stereocenters. The van der Waals surface area contributed by atoms with E-state index >= 15 is 0 Å². The molecule has 2 rings (SSSR count). The number of nitrogens with one attached hydrogen (secondary N) is 1. The molecule has 8 heteroatoms. The van der Waals surface area contributed by atoms with E-state index in [0.717, 1.165) is 29.7 Å². The van der Waals surface area contributed by atoms with Gasteiger partial charge in [-0.05, 0) is 49.1 Å². The van der Waals surface area contributed by atoms with Crippen LogP contribution in [0.15, 0.2) is 41.1 Å². The molecule has 7 N–H and O–H groups in total. The normalized spacial score (nSPS) is 15.8. The average molecular weight is 318 g/mol. The van der Waals surface area contributed by atoms with Crippen molar-refractivity contribution >= 4 is 17.9 Å². The van der Waals surface area contributed by atoms with E-state index in [2.05, 4.69) is 11.4 Å². The third-order valence-electron chi connectivity index (χ3n) is 3.44. The van der Waals surface area contributed by atoms with Crippen LogP contribution >= 0.6 is 11.9 Å². The van der Waals surface area contributed by atoms with Gasteiger partial charge in [-0.2, -0.15) is 5.26 Å². The van der Waals surface area contributed by atoms with Crippen molar-refractivity contribution in [3.05, 3.63) is 41.7 Å². The lowest BCUT2D eigenvalue weighted by atomic mass is 10.2. The first-order chi connectivity index (χ1) is 10.5. The first-order valence-electron chi connectivity index (χ1n) is 6.67. The summed E-state index contributed by atoms with van der Waals surface area (Å²) < 4.78 is 0. The molecule has 1 saturated carbocycles. The Morgan fingerprint density at radius 2 is 2.09 bits per heavy atom. The molecule has 0 bridgehead atoms. The number of carbonyl (C=O) groups is 1. The van der Waals surface area contributed by atoms with E-state index in [1.807, 2.05) is 0 Å². The Morgan fingerprint density at radius 1 is 1.45 bits per heavy atom. The molecule has 7 nitrogen and oxygen atoms in total. The number of carbonyl (C=O) groups excluding carboxylic acids is 1. The van der Waals surface area contributed by atoms with Crippen molar-refractivity contribution < 1.29 is 4.79 Å². The lowest BCUT2D eigenvalue weighted by Gasteiger charge is -2.20. The van der Waals surface area contributed by atoms with Crippen molar-refractivity contribution in [3.8, 4) is 6.07 Å². The molecule has 0 spiro atoms. The molecule has 1 fully saturated rings. The van der Waals surface area contributed by atoms with Gasteiger partial charge < -0.3 is 11.1 Å². The number of hydrogen-bond donors (Lipinski definition) is 4. The van der Waals surface area contributed by atoms with Crippen LogP contribution in [-0.2, 0) is 0 Å². The summed E-state index contributed by atoms with van der Waals surface area (Å²) in [7, 11) is 0. The van der Waals surface area contributed by atoms with Gasteiger partial charge in [0.1, 0.15) is 5.54 Å². The lowest BCUT2D eigenvalue weighted by Crippen LogP contribution is -2.39. The van der Waals surface area contributed by atoms with Gasteiger partial charge >= 0.3 is 0 Å². The van der Waals surface area contributed by atoms with Crippen molar-refractivity contribution in [2.75, 3.05) is 6.54 Å². The van der Waals surface area contributed by atoms with Gasteiger partial charge in [0.25, 0.3) is 5.91 Å². The molecule has 22 heavy (non-hydrogen) atoms. The van der Waals surface area contributed by atoms with Gasteiger partial charge in [0.15, 0.2) is 0 Å². The summed E-state index contributed by atoms with van der Waals surface area (Å²) >= 11 is 1.12. The zero-order chi connectivity index (χ0) is 16.2. The highest BCUT2D eigenvalue weighted by Gasteiger charge is 2.47. The topological polar surface area (TPSA) is 134 Å². The number of hydrazine groups is 1. The van der Waals surface area contributed by atoms with Crippen LogP contribution in [0.1, 0.15) is 23.2 Å². The molecular formula is C14H18N6OS. The zero-order valence-electron chi connectivity index (χ0n) is 12.0. The number of nitriles is 1. The summed E-state index contributed by atoms with van der Waals surface area (Å²) in [4.78, 5) is 12.8. The zero-order valence-corrected chi connectivity index (χ0v) is 12.8. The highest BCUT2D eigenvalue weighted by atomic mass is 32.2. The first-order valence-corrected chi connectivity index (χ1v) is 7.55. The quantitative estimate of drug-likeness (QED) is 0.339. The molecule has 1 aliphatic rings. The highest BCUT2D eigenvalue weighted by molar-refractivity contribution is 7.97. The Morgan fingerprint density at radius 3 is 2.59 bits per heavy atom. The SMILES string of the molecule is N#CC1(N(N)/C=C(\N)CNC(=O)c2ccc(SN)cc2)CC1. The molecule has 1 aliphatic carbocycles. The number of benzene rings is 1. The summed E-state index contributed by atoms with van der Waals surface area (Å²) in [6.45, 7) is 0.154. The summed E-state index contributed by atoms with van der Waals surface area (Å²) in [5.41, 5.74) is 6.09. The monoisotopic (exact) mass is 318 g/mol. The van der Waals surface area contributed by atoms with Crippen LogP contribution in [0.5, 0.6) is 0 Å². The van der Waals surface area contributed by atoms with Crippen LogP contribution in [0, 0.1) is 11.3 Å².